The number of halogens is 2. The van der Waals surface area contributed by atoms with Crippen LogP contribution < -0.4 is 4.72 Å². The molecule has 2 aromatic rings. The first-order valence-electron chi connectivity index (χ1n) is 5.48. The second-order valence-electron chi connectivity index (χ2n) is 3.88. The molecule has 0 fully saturated rings. The largest absolute Gasteiger partial charge is 0.241 e. The summed E-state index contributed by atoms with van der Waals surface area (Å²) in [7, 11) is -3.54. The van der Waals surface area contributed by atoms with Crippen molar-refractivity contribution in [2.75, 3.05) is 0 Å². The van der Waals surface area contributed by atoms with Gasteiger partial charge in [-0.05, 0) is 45.8 Å². The van der Waals surface area contributed by atoms with Gasteiger partial charge in [-0.2, -0.15) is 0 Å². The van der Waals surface area contributed by atoms with E-state index in [1.807, 2.05) is 6.07 Å². The molecular weight excluding hydrogens is 350 g/mol. The Hall–Kier alpha value is -0.880. The van der Waals surface area contributed by atoms with Crippen molar-refractivity contribution in [3.8, 4) is 0 Å². The Kier molecular flexibility index (Phi) is 4.62. The van der Waals surface area contributed by atoms with Gasteiger partial charge in [0.2, 0.25) is 10.0 Å². The summed E-state index contributed by atoms with van der Waals surface area (Å²) in [5, 5.41) is 0.581. The molecule has 0 amide bonds. The van der Waals surface area contributed by atoms with Gasteiger partial charge in [-0.25, -0.2) is 13.1 Å². The molecular formula is C13H11BrClNO2S. The third kappa shape index (κ3) is 3.79. The first-order valence-corrected chi connectivity index (χ1v) is 8.13. The van der Waals surface area contributed by atoms with Gasteiger partial charge in [0.15, 0.2) is 0 Å². The first kappa shape index (κ1) is 14.5. The van der Waals surface area contributed by atoms with Crippen molar-refractivity contribution < 1.29 is 8.42 Å². The van der Waals surface area contributed by atoms with Crippen LogP contribution >= 0.6 is 27.5 Å². The fourth-order valence-electron chi connectivity index (χ4n) is 1.57. The highest BCUT2D eigenvalue weighted by Crippen LogP contribution is 2.21. The van der Waals surface area contributed by atoms with Gasteiger partial charge in [-0.15, -0.1) is 0 Å². The van der Waals surface area contributed by atoms with Crippen LogP contribution in [-0.2, 0) is 16.6 Å². The van der Waals surface area contributed by atoms with Gasteiger partial charge < -0.3 is 0 Å². The Morgan fingerprint density at radius 3 is 2.53 bits per heavy atom. The molecule has 0 aliphatic carbocycles. The molecule has 0 bridgehead atoms. The molecule has 3 nitrogen and oxygen atoms in total. The lowest BCUT2D eigenvalue weighted by atomic mass is 10.2. The summed E-state index contributed by atoms with van der Waals surface area (Å²) in [5.41, 5.74) is 0.808. The molecule has 0 aliphatic rings. The maximum Gasteiger partial charge on any atom is 0.241 e. The van der Waals surface area contributed by atoms with Crippen molar-refractivity contribution in [2.45, 2.75) is 11.4 Å². The molecule has 0 aliphatic heterocycles. The maximum atomic E-state index is 12.1. The van der Waals surface area contributed by atoms with Crippen LogP contribution in [0.25, 0.3) is 0 Å². The lowest BCUT2D eigenvalue weighted by molar-refractivity contribution is 0.581. The molecule has 0 spiro atoms. The second kappa shape index (κ2) is 6.05. The predicted octanol–water partition coefficient (Wildman–Crippen LogP) is 3.58. The highest BCUT2D eigenvalue weighted by molar-refractivity contribution is 9.10. The van der Waals surface area contributed by atoms with Gasteiger partial charge in [0, 0.05) is 16.0 Å². The highest BCUT2D eigenvalue weighted by atomic mass is 79.9. The molecule has 0 heterocycles. The lowest BCUT2D eigenvalue weighted by Gasteiger charge is -2.08. The van der Waals surface area contributed by atoms with E-state index in [-0.39, 0.29) is 11.4 Å². The van der Waals surface area contributed by atoms with E-state index < -0.39 is 10.0 Å². The minimum atomic E-state index is -3.54. The van der Waals surface area contributed by atoms with E-state index in [4.69, 9.17) is 11.6 Å². The van der Waals surface area contributed by atoms with Crippen LogP contribution in [0.5, 0.6) is 0 Å². The third-order valence-electron chi connectivity index (χ3n) is 2.48. The van der Waals surface area contributed by atoms with Gasteiger partial charge in [0.05, 0.1) is 4.90 Å². The Morgan fingerprint density at radius 2 is 1.84 bits per heavy atom. The number of hydrogen-bond acceptors (Lipinski definition) is 2. The molecule has 0 aromatic heterocycles. The first-order chi connectivity index (χ1) is 8.99. The van der Waals surface area contributed by atoms with E-state index in [2.05, 4.69) is 20.7 Å². The van der Waals surface area contributed by atoms with Crippen molar-refractivity contribution >= 4 is 37.6 Å². The van der Waals surface area contributed by atoms with Crippen LogP contribution in [0.1, 0.15) is 5.56 Å². The van der Waals surface area contributed by atoms with E-state index in [1.165, 1.54) is 0 Å². The molecule has 19 heavy (non-hydrogen) atoms. The van der Waals surface area contributed by atoms with Gasteiger partial charge in [0.1, 0.15) is 0 Å². The van der Waals surface area contributed by atoms with Crippen molar-refractivity contribution in [1.82, 2.24) is 4.72 Å². The van der Waals surface area contributed by atoms with E-state index in [1.54, 1.807) is 42.5 Å². The zero-order valence-corrected chi connectivity index (χ0v) is 13.0. The molecule has 0 saturated carbocycles. The molecule has 0 unspecified atom stereocenters. The molecule has 2 aromatic carbocycles. The lowest BCUT2D eigenvalue weighted by Crippen LogP contribution is -2.23. The zero-order chi connectivity index (χ0) is 13.9. The predicted molar refractivity (Wildman–Crippen MR) is 79.6 cm³/mol. The summed E-state index contributed by atoms with van der Waals surface area (Å²) in [4.78, 5) is 0.219. The minimum Gasteiger partial charge on any atom is -0.207 e. The van der Waals surface area contributed by atoms with Gasteiger partial charge in [-0.1, -0.05) is 35.9 Å². The van der Waals surface area contributed by atoms with Crippen molar-refractivity contribution in [3.05, 3.63) is 63.6 Å². The number of sulfonamides is 1. The second-order valence-corrected chi connectivity index (χ2v) is 6.91. The number of hydrogen-bond donors (Lipinski definition) is 1. The SMILES string of the molecule is O=S(=O)(NCc1cccc(Cl)c1)c1ccccc1Br. The molecule has 0 saturated heterocycles. The fourth-order valence-corrected chi connectivity index (χ4v) is 3.80. The van der Waals surface area contributed by atoms with E-state index in [0.717, 1.165) is 5.56 Å². The minimum absolute atomic E-state index is 0.199. The van der Waals surface area contributed by atoms with Gasteiger partial charge >= 0.3 is 0 Å². The average molecular weight is 361 g/mol. The van der Waals surface area contributed by atoms with E-state index in [9.17, 15) is 8.42 Å². The van der Waals surface area contributed by atoms with Gasteiger partial charge in [-0.3, -0.25) is 0 Å². The average Bonchev–Trinajstić information content (AvgIpc) is 2.37. The molecule has 100 valence electrons. The topological polar surface area (TPSA) is 46.2 Å². The van der Waals surface area contributed by atoms with Crippen LogP contribution in [0, 0.1) is 0 Å². The maximum absolute atomic E-state index is 12.1. The summed E-state index contributed by atoms with van der Waals surface area (Å²) >= 11 is 9.08. The van der Waals surface area contributed by atoms with Gasteiger partial charge in [0.25, 0.3) is 0 Å². The molecule has 0 atom stereocenters. The standard InChI is InChI=1S/C13H11BrClNO2S/c14-12-6-1-2-7-13(12)19(17,18)16-9-10-4-3-5-11(15)8-10/h1-8,16H,9H2. The van der Waals surface area contributed by atoms with E-state index >= 15 is 0 Å². The summed E-state index contributed by atoms with van der Waals surface area (Å²) in [5.74, 6) is 0. The smallest absolute Gasteiger partial charge is 0.207 e. The third-order valence-corrected chi connectivity index (χ3v) is 5.13. The fraction of sp³-hybridized carbons (Fsp3) is 0.0769. The summed E-state index contributed by atoms with van der Waals surface area (Å²) in [6, 6.07) is 13.7. The highest BCUT2D eigenvalue weighted by Gasteiger charge is 2.16. The molecule has 0 radical (unpaired) electrons. The number of nitrogens with one attached hydrogen (secondary N) is 1. The van der Waals surface area contributed by atoms with Crippen molar-refractivity contribution in [2.24, 2.45) is 0 Å². The quantitative estimate of drug-likeness (QED) is 0.906. The Bertz CT molecular complexity index is 689. The Morgan fingerprint density at radius 1 is 1.11 bits per heavy atom. The van der Waals surface area contributed by atoms with Crippen LogP contribution in [0.4, 0.5) is 0 Å². The zero-order valence-electron chi connectivity index (χ0n) is 9.81. The van der Waals surface area contributed by atoms with Crippen LogP contribution in [0.15, 0.2) is 57.9 Å². The van der Waals surface area contributed by atoms with Crippen LogP contribution in [-0.4, -0.2) is 8.42 Å². The summed E-state index contributed by atoms with van der Waals surface area (Å²) in [6.07, 6.45) is 0. The number of benzene rings is 2. The number of rotatable bonds is 4. The molecule has 6 heteroatoms. The Labute approximate surface area is 125 Å². The van der Waals surface area contributed by atoms with Crippen LogP contribution in [0.2, 0.25) is 5.02 Å². The monoisotopic (exact) mass is 359 g/mol. The van der Waals surface area contributed by atoms with Crippen molar-refractivity contribution in [3.63, 3.8) is 0 Å². The molecule has 1 N–H and O–H groups in total. The summed E-state index contributed by atoms with van der Waals surface area (Å²) in [6.45, 7) is 0.199. The van der Waals surface area contributed by atoms with Crippen molar-refractivity contribution in [1.29, 1.82) is 0 Å². The normalized spacial score (nSPS) is 11.5. The van der Waals surface area contributed by atoms with E-state index in [0.29, 0.717) is 9.50 Å². The summed E-state index contributed by atoms with van der Waals surface area (Å²) < 4.78 is 27.4. The van der Waals surface area contributed by atoms with Crippen LogP contribution in [0.3, 0.4) is 0 Å². The molecule has 2 rings (SSSR count). The Balaban J connectivity index is 2.17.